The largest absolute Gasteiger partial charge is 0.573 e. The maximum atomic E-state index is 12.3. The molecule has 0 bridgehead atoms. The highest BCUT2D eigenvalue weighted by Gasteiger charge is 2.31. The highest BCUT2D eigenvalue weighted by molar-refractivity contribution is 7.87. The molecule has 0 radical (unpaired) electrons. The van der Waals surface area contributed by atoms with Gasteiger partial charge in [0, 0.05) is 6.07 Å². The molecule has 0 aliphatic heterocycles. The Morgan fingerprint density at radius 2 is 1.67 bits per heavy atom. The standard InChI is InChI=1S/C15H13F3O5S/c1-2-21-13-8-3-4-9-14(13)23-24(19,20)12-7-5-6-11(10-12)22-15(16,17)18/h3-10H,2H2,1H3. The quantitative estimate of drug-likeness (QED) is 0.733. The minimum atomic E-state index is -4.93. The van der Waals surface area contributed by atoms with Gasteiger partial charge in [-0.3, -0.25) is 0 Å². The van der Waals surface area contributed by atoms with Crippen LogP contribution in [-0.2, 0) is 10.1 Å². The first-order valence-electron chi connectivity index (χ1n) is 6.73. The second-order valence-corrected chi connectivity index (χ2v) is 5.99. The Balaban J connectivity index is 2.30. The van der Waals surface area contributed by atoms with Crippen LogP contribution >= 0.6 is 0 Å². The highest BCUT2D eigenvalue weighted by atomic mass is 32.2. The lowest BCUT2D eigenvalue weighted by Crippen LogP contribution is -2.17. The fourth-order valence-electron chi connectivity index (χ4n) is 1.79. The van der Waals surface area contributed by atoms with E-state index in [0.717, 1.165) is 24.3 Å². The van der Waals surface area contributed by atoms with Crippen LogP contribution in [0.15, 0.2) is 53.4 Å². The first kappa shape index (κ1) is 17.9. The summed E-state index contributed by atoms with van der Waals surface area (Å²) in [4.78, 5) is -0.476. The zero-order valence-corrected chi connectivity index (χ0v) is 13.2. The average Bonchev–Trinajstić information content (AvgIpc) is 2.48. The second kappa shape index (κ2) is 7.00. The number of ether oxygens (including phenoxy) is 2. The van der Waals surface area contributed by atoms with Crippen LogP contribution in [0.2, 0.25) is 0 Å². The molecule has 0 N–H and O–H groups in total. The molecule has 0 aliphatic carbocycles. The molecule has 0 aliphatic rings. The van der Waals surface area contributed by atoms with Crippen LogP contribution in [0.3, 0.4) is 0 Å². The third-order valence-corrected chi connectivity index (χ3v) is 3.91. The Morgan fingerprint density at radius 1 is 1.00 bits per heavy atom. The minimum absolute atomic E-state index is 0.0681. The van der Waals surface area contributed by atoms with Gasteiger partial charge in [0.2, 0.25) is 0 Å². The molecule has 9 heteroatoms. The smallest absolute Gasteiger partial charge is 0.490 e. The Hall–Kier alpha value is -2.42. The monoisotopic (exact) mass is 362 g/mol. The summed E-state index contributed by atoms with van der Waals surface area (Å²) in [6.07, 6.45) is -4.93. The lowest BCUT2D eigenvalue weighted by atomic mass is 10.3. The van der Waals surface area contributed by atoms with E-state index < -0.39 is 27.1 Å². The van der Waals surface area contributed by atoms with E-state index in [1.807, 2.05) is 0 Å². The molecule has 0 heterocycles. The van der Waals surface area contributed by atoms with Gasteiger partial charge in [0.15, 0.2) is 11.5 Å². The minimum Gasteiger partial charge on any atom is -0.490 e. The van der Waals surface area contributed by atoms with Gasteiger partial charge in [-0.25, -0.2) is 0 Å². The lowest BCUT2D eigenvalue weighted by molar-refractivity contribution is -0.274. The summed E-state index contributed by atoms with van der Waals surface area (Å²) in [5.41, 5.74) is 0. The molecular weight excluding hydrogens is 349 g/mol. The molecule has 0 saturated heterocycles. The summed E-state index contributed by atoms with van der Waals surface area (Å²) in [6.45, 7) is 2.00. The van der Waals surface area contributed by atoms with Gasteiger partial charge in [-0.15, -0.1) is 13.2 Å². The third-order valence-electron chi connectivity index (χ3n) is 2.68. The van der Waals surface area contributed by atoms with Gasteiger partial charge in [0.1, 0.15) is 10.6 Å². The molecule has 5 nitrogen and oxygen atoms in total. The van der Waals surface area contributed by atoms with Crippen LogP contribution in [0.4, 0.5) is 13.2 Å². The van der Waals surface area contributed by atoms with Crippen LogP contribution in [0.1, 0.15) is 6.92 Å². The molecule has 130 valence electrons. The molecular formula is C15H13F3O5S. The highest BCUT2D eigenvalue weighted by Crippen LogP contribution is 2.31. The Morgan fingerprint density at radius 3 is 2.29 bits per heavy atom. The summed E-state index contributed by atoms with van der Waals surface area (Å²) in [5.74, 6) is -0.530. The van der Waals surface area contributed by atoms with Crippen molar-refractivity contribution in [3.8, 4) is 17.2 Å². The predicted molar refractivity (Wildman–Crippen MR) is 78.5 cm³/mol. The summed E-state index contributed by atoms with van der Waals surface area (Å²) in [7, 11) is -4.36. The molecule has 2 aromatic rings. The zero-order chi connectivity index (χ0) is 17.8. The molecule has 0 saturated carbocycles. The van der Waals surface area contributed by atoms with Gasteiger partial charge in [-0.1, -0.05) is 18.2 Å². The van der Waals surface area contributed by atoms with Crippen LogP contribution in [0.5, 0.6) is 17.2 Å². The van der Waals surface area contributed by atoms with E-state index in [1.165, 1.54) is 18.2 Å². The maximum Gasteiger partial charge on any atom is 0.573 e. The first-order valence-corrected chi connectivity index (χ1v) is 8.14. The van der Waals surface area contributed by atoms with E-state index in [9.17, 15) is 21.6 Å². The number of halogens is 3. The number of hydrogen-bond acceptors (Lipinski definition) is 5. The van der Waals surface area contributed by atoms with Crippen LogP contribution < -0.4 is 13.7 Å². The molecule has 2 aromatic carbocycles. The Labute approximate surface area is 136 Å². The van der Waals surface area contributed by atoms with Gasteiger partial charge < -0.3 is 13.7 Å². The van der Waals surface area contributed by atoms with Gasteiger partial charge in [-0.2, -0.15) is 8.42 Å². The van der Waals surface area contributed by atoms with Crippen molar-refractivity contribution >= 4 is 10.1 Å². The molecule has 24 heavy (non-hydrogen) atoms. The van der Waals surface area contributed by atoms with Crippen molar-refractivity contribution in [1.82, 2.24) is 0 Å². The van der Waals surface area contributed by atoms with E-state index in [-0.39, 0.29) is 18.1 Å². The topological polar surface area (TPSA) is 61.8 Å². The zero-order valence-electron chi connectivity index (χ0n) is 12.4. The normalized spacial score (nSPS) is 11.8. The first-order chi connectivity index (χ1) is 11.2. The fourth-order valence-corrected chi connectivity index (χ4v) is 2.76. The molecule has 0 unspecified atom stereocenters. The second-order valence-electron chi connectivity index (χ2n) is 4.44. The maximum absolute atomic E-state index is 12.3. The van der Waals surface area contributed by atoms with Gasteiger partial charge in [-0.05, 0) is 31.2 Å². The summed E-state index contributed by atoms with van der Waals surface area (Å²) >= 11 is 0. The number of rotatable bonds is 6. The molecule has 2 rings (SSSR count). The van der Waals surface area contributed by atoms with E-state index in [4.69, 9.17) is 8.92 Å². The van der Waals surface area contributed by atoms with Crippen molar-refractivity contribution in [3.05, 3.63) is 48.5 Å². The van der Waals surface area contributed by atoms with E-state index in [1.54, 1.807) is 13.0 Å². The van der Waals surface area contributed by atoms with E-state index in [0.29, 0.717) is 0 Å². The van der Waals surface area contributed by atoms with E-state index >= 15 is 0 Å². The lowest BCUT2D eigenvalue weighted by Gasteiger charge is -2.13. The van der Waals surface area contributed by atoms with Crippen LogP contribution in [-0.4, -0.2) is 21.4 Å². The van der Waals surface area contributed by atoms with Crippen molar-refractivity contribution in [2.24, 2.45) is 0 Å². The molecule has 0 aromatic heterocycles. The van der Waals surface area contributed by atoms with Crippen LogP contribution in [0.25, 0.3) is 0 Å². The van der Waals surface area contributed by atoms with Crippen molar-refractivity contribution in [1.29, 1.82) is 0 Å². The van der Waals surface area contributed by atoms with Gasteiger partial charge >= 0.3 is 16.5 Å². The summed E-state index contributed by atoms with van der Waals surface area (Å²) < 4.78 is 75.1. The van der Waals surface area contributed by atoms with Gasteiger partial charge in [0.25, 0.3) is 0 Å². The number of alkyl halides is 3. The summed E-state index contributed by atoms with van der Waals surface area (Å²) in [5, 5.41) is 0. The fraction of sp³-hybridized carbons (Fsp3) is 0.200. The van der Waals surface area contributed by atoms with Crippen molar-refractivity contribution in [2.45, 2.75) is 18.2 Å². The molecule has 0 atom stereocenters. The number of hydrogen-bond donors (Lipinski definition) is 0. The van der Waals surface area contributed by atoms with Crippen molar-refractivity contribution in [3.63, 3.8) is 0 Å². The predicted octanol–water partition coefficient (Wildman–Crippen LogP) is 3.75. The SMILES string of the molecule is CCOc1ccccc1OS(=O)(=O)c1cccc(OC(F)(F)F)c1. The molecule has 0 amide bonds. The molecule has 0 spiro atoms. The van der Waals surface area contributed by atoms with Crippen molar-refractivity contribution < 1.29 is 35.2 Å². The van der Waals surface area contributed by atoms with Crippen molar-refractivity contribution in [2.75, 3.05) is 6.61 Å². The van der Waals surface area contributed by atoms with Gasteiger partial charge in [0.05, 0.1) is 6.61 Å². The molecule has 0 fully saturated rings. The Bertz CT molecular complexity index is 803. The summed E-state index contributed by atoms with van der Waals surface area (Å²) in [6, 6.07) is 9.98. The van der Waals surface area contributed by atoms with Crippen LogP contribution in [0, 0.1) is 0 Å². The average molecular weight is 362 g/mol. The Kier molecular flexibility index (Phi) is 5.23. The third kappa shape index (κ3) is 4.79. The number of para-hydroxylation sites is 2. The number of benzene rings is 2. The van der Waals surface area contributed by atoms with E-state index in [2.05, 4.69) is 4.74 Å².